The predicted octanol–water partition coefficient (Wildman–Crippen LogP) is 1.77. The first-order valence-electron chi connectivity index (χ1n) is 6.15. The van der Waals surface area contributed by atoms with Crippen molar-refractivity contribution in [2.24, 2.45) is 5.73 Å². The maximum atomic E-state index is 5.50. The largest absolute Gasteiger partial charge is 0.384 e. The SMILES string of the molecule is COCCc1ccc(-c2cnc(CCN)[nH]2)cc1. The highest BCUT2D eigenvalue weighted by atomic mass is 16.5. The first-order valence-corrected chi connectivity index (χ1v) is 6.15. The minimum atomic E-state index is 0.614. The van der Waals surface area contributed by atoms with Gasteiger partial charge in [0, 0.05) is 13.5 Å². The number of H-pyrrole nitrogens is 1. The monoisotopic (exact) mass is 245 g/mol. The summed E-state index contributed by atoms with van der Waals surface area (Å²) in [4.78, 5) is 7.58. The molecule has 0 aliphatic carbocycles. The molecule has 3 N–H and O–H groups in total. The summed E-state index contributed by atoms with van der Waals surface area (Å²) >= 11 is 0. The molecule has 96 valence electrons. The van der Waals surface area contributed by atoms with Gasteiger partial charge in [0.2, 0.25) is 0 Å². The van der Waals surface area contributed by atoms with Crippen molar-refractivity contribution in [2.75, 3.05) is 20.3 Å². The van der Waals surface area contributed by atoms with Crippen LogP contribution in [0.5, 0.6) is 0 Å². The molecule has 1 aromatic heterocycles. The van der Waals surface area contributed by atoms with Gasteiger partial charge < -0.3 is 15.5 Å². The Balaban J connectivity index is 2.07. The van der Waals surface area contributed by atoms with Gasteiger partial charge >= 0.3 is 0 Å². The number of aromatic amines is 1. The summed E-state index contributed by atoms with van der Waals surface area (Å²) < 4.78 is 5.06. The highest BCUT2D eigenvalue weighted by molar-refractivity contribution is 5.58. The number of nitrogens with one attached hydrogen (secondary N) is 1. The highest BCUT2D eigenvalue weighted by Crippen LogP contribution is 2.18. The summed E-state index contributed by atoms with van der Waals surface area (Å²) in [5.41, 5.74) is 8.97. The molecule has 0 aliphatic rings. The molecule has 0 spiro atoms. The number of nitrogens with zero attached hydrogens (tertiary/aromatic N) is 1. The molecule has 0 radical (unpaired) electrons. The van der Waals surface area contributed by atoms with Gasteiger partial charge in [-0.25, -0.2) is 4.98 Å². The Labute approximate surface area is 107 Å². The summed E-state index contributed by atoms with van der Waals surface area (Å²) in [5.74, 6) is 0.941. The topological polar surface area (TPSA) is 63.9 Å². The molecule has 0 unspecified atom stereocenters. The number of imidazole rings is 1. The second-order valence-corrected chi connectivity index (χ2v) is 4.22. The average Bonchev–Trinajstić information content (AvgIpc) is 2.86. The summed E-state index contributed by atoms with van der Waals surface area (Å²) in [6, 6.07) is 8.45. The Kier molecular flexibility index (Phi) is 4.50. The van der Waals surface area contributed by atoms with Crippen LogP contribution in [0.25, 0.3) is 11.3 Å². The highest BCUT2D eigenvalue weighted by Gasteiger charge is 2.02. The Morgan fingerprint density at radius 3 is 2.67 bits per heavy atom. The lowest BCUT2D eigenvalue weighted by molar-refractivity contribution is 0.202. The van der Waals surface area contributed by atoms with E-state index in [4.69, 9.17) is 10.5 Å². The van der Waals surface area contributed by atoms with Crippen molar-refractivity contribution < 1.29 is 4.74 Å². The minimum Gasteiger partial charge on any atom is -0.384 e. The van der Waals surface area contributed by atoms with E-state index in [2.05, 4.69) is 34.2 Å². The van der Waals surface area contributed by atoms with Gasteiger partial charge in [0.15, 0.2) is 0 Å². The number of ether oxygens (including phenoxy) is 1. The summed E-state index contributed by atoms with van der Waals surface area (Å²) in [5, 5.41) is 0. The smallest absolute Gasteiger partial charge is 0.107 e. The van der Waals surface area contributed by atoms with Crippen molar-refractivity contribution in [3.05, 3.63) is 41.9 Å². The maximum Gasteiger partial charge on any atom is 0.107 e. The molecule has 1 heterocycles. The number of hydrogen-bond acceptors (Lipinski definition) is 3. The van der Waals surface area contributed by atoms with Crippen LogP contribution >= 0.6 is 0 Å². The Morgan fingerprint density at radius 2 is 2.00 bits per heavy atom. The third-order valence-corrected chi connectivity index (χ3v) is 2.87. The van der Waals surface area contributed by atoms with E-state index in [0.717, 1.165) is 36.5 Å². The summed E-state index contributed by atoms with van der Waals surface area (Å²) in [6.45, 7) is 1.37. The van der Waals surface area contributed by atoms with E-state index in [1.165, 1.54) is 5.56 Å². The minimum absolute atomic E-state index is 0.614. The zero-order valence-corrected chi connectivity index (χ0v) is 10.6. The Hall–Kier alpha value is -1.65. The van der Waals surface area contributed by atoms with Gasteiger partial charge in [-0.05, 0) is 24.1 Å². The molecule has 0 saturated carbocycles. The fourth-order valence-corrected chi connectivity index (χ4v) is 1.84. The van der Waals surface area contributed by atoms with Crippen LogP contribution in [0.3, 0.4) is 0 Å². The molecule has 4 heteroatoms. The third-order valence-electron chi connectivity index (χ3n) is 2.87. The van der Waals surface area contributed by atoms with Gasteiger partial charge in [-0.15, -0.1) is 0 Å². The van der Waals surface area contributed by atoms with Crippen molar-refractivity contribution in [1.29, 1.82) is 0 Å². The number of hydrogen-bond donors (Lipinski definition) is 2. The van der Waals surface area contributed by atoms with Gasteiger partial charge in [0.1, 0.15) is 5.82 Å². The van der Waals surface area contributed by atoms with Crippen LogP contribution in [0.1, 0.15) is 11.4 Å². The lowest BCUT2D eigenvalue weighted by Gasteiger charge is -2.02. The molecule has 0 amide bonds. The fourth-order valence-electron chi connectivity index (χ4n) is 1.84. The normalized spacial score (nSPS) is 10.8. The zero-order valence-electron chi connectivity index (χ0n) is 10.6. The van der Waals surface area contributed by atoms with Gasteiger partial charge in [0.25, 0.3) is 0 Å². The molecule has 0 atom stereocenters. The van der Waals surface area contributed by atoms with E-state index in [1.807, 2.05) is 6.20 Å². The molecule has 0 bridgehead atoms. The van der Waals surface area contributed by atoms with Crippen LogP contribution in [0.15, 0.2) is 30.5 Å². The van der Waals surface area contributed by atoms with E-state index < -0.39 is 0 Å². The van der Waals surface area contributed by atoms with Crippen molar-refractivity contribution in [2.45, 2.75) is 12.8 Å². The third kappa shape index (κ3) is 3.18. The number of rotatable bonds is 6. The van der Waals surface area contributed by atoms with Crippen molar-refractivity contribution in [3.63, 3.8) is 0 Å². The average molecular weight is 245 g/mol. The van der Waals surface area contributed by atoms with Crippen LogP contribution in [0.4, 0.5) is 0 Å². The van der Waals surface area contributed by atoms with E-state index in [0.29, 0.717) is 6.54 Å². The number of methoxy groups -OCH3 is 1. The maximum absolute atomic E-state index is 5.50. The molecule has 0 aliphatic heterocycles. The van der Waals surface area contributed by atoms with E-state index >= 15 is 0 Å². The van der Waals surface area contributed by atoms with Crippen LogP contribution in [0, 0.1) is 0 Å². The van der Waals surface area contributed by atoms with E-state index in [-0.39, 0.29) is 0 Å². The summed E-state index contributed by atoms with van der Waals surface area (Å²) in [7, 11) is 1.72. The van der Waals surface area contributed by atoms with Gasteiger partial charge in [-0.1, -0.05) is 24.3 Å². The summed E-state index contributed by atoms with van der Waals surface area (Å²) in [6.07, 6.45) is 3.58. The zero-order chi connectivity index (χ0) is 12.8. The van der Waals surface area contributed by atoms with Crippen molar-refractivity contribution in [1.82, 2.24) is 9.97 Å². The van der Waals surface area contributed by atoms with E-state index in [9.17, 15) is 0 Å². The molecular weight excluding hydrogens is 226 g/mol. The molecule has 2 rings (SSSR count). The van der Waals surface area contributed by atoms with Gasteiger partial charge in [0.05, 0.1) is 18.5 Å². The van der Waals surface area contributed by atoms with Crippen LogP contribution in [0.2, 0.25) is 0 Å². The fraction of sp³-hybridized carbons (Fsp3) is 0.357. The molecule has 18 heavy (non-hydrogen) atoms. The number of benzene rings is 1. The Morgan fingerprint density at radius 1 is 1.22 bits per heavy atom. The molecular formula is C14H19N3O. The van der Waals surface area contributed by atoms with Crippen molar-refractivity contribution >= 4 is 0 Å². The second kappa shape index (κ2) is 6.33. The Bertz CT molecular complexity index is 476. The first kappa shape index (κ1) is 12.8. The van der Waals surface area contributed by atoms with E-state index in [1.54, 1.807) is 7.11 Å². The first-order chi connectivity index (χ1) is 8.83. The quantitative estimate of drug-likeness (QED) is 0.815. The molecule has 4 nitrogen and oxygen atoms in total. The van der Waals surface area contributed by atoms with Crippen LogP contribution in [-0.2, 0) is 17.6 Å². The molecule has 0 saturated heterocycles. The second-order valence-electron chi connectivity index (χ2n) is 4.22. The van der Waals surface area contributed by atoms with Crippen molar-refractivity contribution in [3.8, 4) is 11.3 Å². The molecule has 1 aromatic carbocycles. The van der Waals surface area contributed by atoms with Crippen LogP contribution in [-0.4, -0.2) is 30.2 Å². The number of nitrogens with two attached hydrogens (primary N) is 1. The molecule has 2 aromatic rings. The lowest BCUT2D eigenvalue weighted by atomic mass is 10.1. The number of aromatic nitrogens is 2. The lowest BCUT2D eigenvalue weighted by Crippen LogP contribution is -2.03. The molecule has 0 fully saturated rings. The van der Waals surface area contributed by atoms with Crippen LogP contribution < -0.4 is 5.73 Å². The standard InChI is InChI=1S/C14H19N3O/c1-18-9-7-11-2-4-12(5-3-11)13-10-16-14(17-13)6-8-15/h2-5,10H,6-9,15H2,1H3,(H,16,17). The van der Waals surface area contributed by atoms with Gasteiger partial charge in [-0.3, -0.25) is 0 Å². The predicted molar refractivity (Wildman–Crippen MR) is 72.4 cm³/mol. The van der Waals surface area contributed by atoms with Gasteiger partial charge in [-0.2, -0.15) is 0 Å².